The number of ketones is 1. The van der Waals surface area contributed by atoms with E-state index >= 15 is 0 Å². The molecule has 1 fully saturated rings. The average Bonchev–Trinajstić information content (AvgIpc) is 2.84. The van der Waals surface area contributed by atoms with Crippen molar-refractivity contribution in [1.82, 2.24) is 4.90 Å². The van der Waals surface area contributed by atoms with Crippen LogP contribution in [0.4, 0.5) is 0 Å². The SMILES string of the molecule is C[C@H](C(=O)c1ccc(OCc2ccccc2)cc1)N1CCC(O)(c2ccccc2)CC1. The molecule has 4 rings (SSSR count). The van der Waals surface area contributed by atoms with Gasteiger partial charge in [0.2, 0.25) is 0 Å². The topological polar surface area (TPSA) is 49.8 Å². The van der Waals surface area contributed by atoms with Crippen LogP contribution in [-0.2, 0) is 12.2 Å². The molecule has 1 N–H and O–H groups in total. The van der Waals surface area contributed by atoms with Crippen molar-refractivity contribution in [2.24, 2.45) is 0 Å². The lowest BCUT2D eigenvalue weighted by Gasteiger charge is -2.40. The van der Waals surface area contributed by atoms with E-state index in [0.717, 1.165) is 16.9 Å². The van der Waals surface area contributed by atoms with Crippen molar-refractivity contribution >= 4 is 5.78 Å². The summed E-state index contributed by atoms with van der Waals surface area (Å²) in [4.78, 5) is 15.2. The minimum Gasteiger partial charge on any atom is -0.489 e. The molecule has 0 bridgehead atoms. The third-order valence-electron chi connectivity index (χ3n) is 6.25. The molecule has 31 heavy (non-hydrogen) atoms. The molecule has 1 atom stereocenters. The predicted octanol–water partition coefficient (Wildman–Crippen LogP) is 4.82. The number of carbonyl (C=O) groups is 1. The number of hydrogen-bond acceptors (Lipinski definition) is 4. The van der Waals surface area contributed by atoms with E-state index in [1.54, 1.807) is 0 Å². The number of hydrogen-bond donors (Lipinski definition) is 1. The van der Waals surface area contributed by atoms with Crippen molar-refractivity contribution < 1.29 is 14.6 Å². The second-order valence-electron chi connectivity index (χ2n) is 8.27. The summed E-state index contributed by atoms with van der Waals surface area (Å²) in [7, 11) is 0. The average molecular weight is 416 g/mol. The van der Waals surface area contributed by atoms with Gasteiger partial charge in [-0.25, -0.2) is 0 Å². The molecule has 1 heterocycles. The summed E-state index contributed by atoms with van der Waals surface area (Å²) in [5.41, 5.74) is 1.94. The lowest BCUT2D eigenvalue weighted by Crippen LogP contribution is -2.48. The Bertz CT molecular complexity index is 978. The van der Waals surface area contributed by atoms with Crippen LogP contribution in [0.15, 0.2) is 84.9 Å². The van der Waals surface area contributed by atoms with Gasteiger partial charge in [0, 0.05) is 18.7 Å². The van der Waals surface area contributed by atoms with E-state index in [-0.39, 0.29) is 11.8 Å². The van der Waals surface area contributed by atoms with Gasteiger partial charge in [-0.15, -0.1) is 0 Å². The van der Waals surface area contributed by atoms with E-state index in [1.807, 2.05) is 91.9 Å². The molecule has 4 nitrogen and oxygen atoms in total. The molecule has 1 aliphatic rings. The van der Waals surface area contributed by atoms with Crippen molar-refractivity contribution in [1.29, 1.82) is 0 Å². The fraction of sp³-hybridized carbons (Fsp3) is 0.296. The fourth-order valence-corrected chi connectivity index (χ4v) is 4.18. The van der Waals surface area contributed by atoms with Crippen molar-refractivity contribution in [3.05, 3.63) is 102 Å². The van der Waals surface area contributed by atoms with Gasteiger partial charge in [0.15, 0.2) is 5.78 Å². The number of benzene rings is 3. The third kappa shape index (κ3) is 5.04. The van der Waals surface area contributed by atoms with Gasteiger partial charge in [-0.1, -0.05) is 60.7 Å². The Balaban J connectivity index is 1.33. The molecule has 4 heteroatoms. The number of piperidine rings is 1. The van der Waals surface area contributed by atoms with Crippen LogP contribution in [0.3, 0.4) is 0 Å². The highest BCUT2D eigenvalue weighted by molar-refractivity contribution is 5.99. The Morgan fingerprint density at radius 1 is 0.935 bits per heavy atom. The van der Waals surface area contributed by atoms with Crippen LogP contribution < -0.4 is 4.74 Å². The summed E-state index contributed by atoms with van der Waals surface area (Å²) in [6, 6.07) is 27.0. The Morgan fingerprint density at radius 2 is 1.52 bits per heavy atom. The molecule has 0 amide bonds. The van der Waals surface area contributed by atoms with Gasteiger partial charge < -0.3 is 9.84 Å². The molecular weight excluding hydrogens is 386 g/mol. The molecule has 1 saturated heterocycles. The fourth-order valence-electron chi connectivity index (χ4n) is 4.18. The van der Waals surface area contributed by atoms with Gasteiger partial charge in [0.25, 0.3) is 0 Å². The van der Waals surface area contributed by atoms with Gasteiger partial charge >= 0.3 is 0 Å². The summed E-state index contributed by atoms with van der Waals surface area (Å²) >= 11 is 0. The van der Waals surface area contributed by atoms with Crippen LogP contribution in [0, 0.1) is 0 Å². The minimum atomic E-state index is -0.807. The summed E-state index contributed by atoms with van der Waals surface area (Å²) in [6.07, 6.45) is 1.25. The lowest BCUT2D eigenvalue weighted by atomic mass is 9.84. The molecule has 0 radical (unpaired) electrons. The third-order valence-corrected chi connectivity index (χ3v) is 6.25. The van der Waals surface area contributed by atoms with Crippen LogP contribution >= 0.6 is 0 Å². The molecule has 1 aliphatic heterocycles. The monoisotopic (exact) mass is 415 g/mol. The van der Waals surface area contributed by atoms with E-state index in [9.17, 15) is 9.90 Å². The smallest absolute Gasteiger partial charge is 0.179 e. The van der Waals surface area contributed by atoms with Crippen molar-refractivity contribution in [2.75, 3.05) is 13.1 Å². The Hall–Kier alpha value is -2.95. The first-order valence-corrected chi connectivity index (χ1v) is 10.9. The van der Waals surface area contributed by atoms with Crippen molar-refractivity contribution in [3.8, 4) is 5.75 Å². The highest BCUT2D eigenvalue weighted by Crippen LogP contribution is 2.33. The molecule has 0 aliphatic carbocycles. The predicted molar refractivity (Wildman–Crippen MR) is 122 cm³/mol. The van der Waals surface area contributed by atoms with E-state index in [1.165, 1.54) is 0 Å². The molecule has 3 aromatic carbocycles. The second kappa shape index (κ2) is 9.46. The summed E-state index contributed by atoms with van der Waals surface area (Å²) in [5, 5.41) is 11.0. The van der Waals surface area contributed by atoms with Crippen LogP contribution in [0.1, 0.15) is 41.3 Å². The molecule has 160 valence electrons. The second-order valence-corrected chi connectivity index (χ2v) is 8.27. The van der Waals surface area contributed by atoms with E-state index in [0.29, 0.717) is 38.1 Å². The normalized spacial score (nSPS) is 17.1. The lowest BCUT2D eigenvalue weighted by molar-refractivity contribution is -0.0318. The molecule has 3 aromatic rings. The molecule has 0 unspecified atom stereocenters. The van der Waals surface area contributed by atoms with Crippen LogP contribution in [0.5, 0.6) is 5.75 Å². The number of nitrogens with zero attached hydrogens (tertiary/aromatic N) is 1. The van der Waals surface area contributed by atoms with Crippen molar-refractivity contribution in [3.63, 3.8) is 0 Å². The number of carbonyl (C=O) groups excluding carboxylic acids is 1. The van der Waals surface area contributed by atoms with E-state index in [4.69, 9.17) is 4.74 Å². The van der Waals surface area contributed by atoms with Gasteiger partial charge in [0.05, 0.1) is 11.6 Å². The number of likely N-dealkylation sites (tertiary alicyclic amines) is 1. The van der Waals surface area contributed by atoms with Gasteiger partial charge in [-0.3, -0.25) is 9.69 Å². The highest BCUT2D eigenvalue weighted by atomic mass is 16.5. The number of rotatable bonds is 7. The number of Topliss-reactive ketones (excluding diaryl/α,β-unsaturated/α-hetero) is 1. The molecule has 0 saturated carbocycles. The molecular formula is C27H29NO3. The molecule has 0 spiro atoms. The van der Waals surface area contributed by atoms with Gasteiger partial charge in [-0.2, -0.15) is 0 Å². The summed E-state index contributed by atoms with van der Waals surface area (Å²) < 4.78 is 5.82. The van der Waals surface area contributed by atoms with E-state index in [2.05, 4.69) is 4.90 Å². The quantitative estimate of drug-likeness (QED) is 0.562. The zero-order valence-electron chi connectivity index (χ0n) is 17.9. The largest absolute Gasteiger partial charge is 0.489 e. The first-order valence-electron chi connectivity index (χ1n) is 10.9. The zero-order valence-corrected chi connectivity index (χ0v) is 17.9. The Labute approximate surface area is 184 Å². The maximum atomic E-state index is 13.0. The zero-order chi connectivity index (χ0) is 21.7. The standard InChI is InChI=1S/C27H29NO3/c1-21(28-18-16-27(30,17-19-28)24-10-6-3-7-11-24)26(29)23-12-14-25(15-13-23)31-20-22-8-4-2-5-9-22/h2-15,21,30H,16-20H2,1H3/t21-/m1/s1. The molecule has 0 aromatic heterocycles. The van der Waals surface area contributed by atoms with Crippen LogP contribution in [0.2, 0.25) is 0 Å². The first kappa shape index (κ1) is 21.3. The first-order chi connectivity index (χ1) is 15.0. The van der Waals surface area contributed by atoms with Crippen LogP contribution in [-0.4, -0.2) is 34.9 Å². The van der Waals surface area contributed by atoms with Gasteiger partial charge in [0.1, 0.15) is 12.4 Å². The van der Waals surface area contributed by atoms with Crippen LogP contribution in [0.25, 0.3) is 0 Å². The Morgan fingerprint density at radius 3 is 2.13 bits per heavy atom. The maximum Gasteiger partial charge on any atom is 0.179 e. The van der Waals surface area contributed by atoms with Crippen molar-refractivity contribution in [2.45, 2.75) is 38.0 Å². The van der Waals surface area contributed by atoms with Gasteiger partial charge in [-0.05, 0) is 55.2 Å². The summed E-state index contributed by atoms with van der Waals surface area (Å²) in [5.74, 6) is 0.846. The maximum absolute atomic E-state index is 13.0. The summed E-state index contributed by atoms with van der Waals surface area (Å²) in [6.45, 7) is 3.84. The minimum absolute atomic E-state index is 0.0970. The Kier molecular flexibility index (Phi) is 6.50. The number of ether oxygens (including phenoxy) is 1. The highest BCUT2D eigenvalue weighted by Gasteiger charge is 2.36. The number of aliphatic hydroxyl groups is 1. The van der Waals surface area contributed by atoms with E-state index < -0.39 is 5.60 Å².